The third kappa shape index (κ3) is 3.18. The number of fused-ring (bicyclic) bond motifs is 7. The van der Waals surface area contributed by atoms with E-state index in [0.29, 0.717) is 17.7 Å². The van der Waals surface area contributed by atoms with Crippen molar-refractivity contribution < 1.29 is 43.0 Å². The zero-order valence-electron chi connectivity index (χ0n) is 22.6. The predicted molar refractivity (Wildman–Crippen MR) is 139 cm³/mol. The van der Waals surface area contributed by atoms with E-state index in [4.69, 9.17) is 9.57 Å². The Morgan fingerprint density at radius 2 is 1.88 bits per heavy atom. The van der Waals surface area contributed by atoms with Gasteiger partial charge in [-0.15, -0.1) is 0 Å². The van der Waals surface area contributed by atoms with E-state index in [2.05, 4.69) is 0 Å². The minimum absolute atomic E-state index is 0.0403. The molecule has 8 nitrogen and oxygen atoms in total. The quantitative estimate of drug-likeness (QED) is 0.544. The molecule has 3 saturated carbocycles. The van der Waals surface area contributed by atoms with Crippen molar-refractivity contribution in [2.75, 3.05) is 25.3 Å². The molecule has 214 valence electrons. The van der Waals surface area contributed by atoms with Crippen molar-refractivity contribution >= 4 is 23.2 Å². The summed E-state index contributed by atoms with van der Waals surface area (Å²) in [7, 11) is 1.28. The normalized spacial score (nSPS) is 43.4. The first kappa shape index (κ1) is 27.2. The van der Waals surface area contributed by atoms with E-state index in [1.54, 1.807) is 36.3 Å². The molecular formula is C30H33F2NO7. The number of rotatable bonds is 4. The first-order valence-electron chi connectivity index (χ1n) is 13.6. The van der Waals surface area contributed by atoms with Gasteiger partial charge in [-0.2, -0.15) is 0 Å². The van der Waals surface area contributed by atoms with Crippen LogP contribution in [0.1, 0.15) is 43.5 Å². The number of carbonyl (C=O) groups excluding carboxylic acids is 3. The van der Waals surface area contributed by atoms with Crippen molar-refractivity contribution in [2.45, 2.75) is 56.7 Å². The molecule has 4 aliphatic carbocycles. The van der Waals surface area contributed by atoms with Gasteiger partial charge in [0.2, 0.25) is 0 Å². The fourth-order valence-electron chi connectivity index (χ4n) is 8.90. The van der Waals surface area contributed by atoms with Crippen LogP contribution in [0.2, 0.25) is 0 Å². The number of alkyl halides is 2. The predicted octanol–water partition coefficient (Wildman–Crippen LogP) is 3.07. The molecule has 0 amide bonds. The number of hydroxylamine groups is 1. The van der Waals surface area contributed by atoms with Gasteiger partial charge in [0.15, 0.2) is 22.8 Å². The number of ether oxygens (including phenoxy) is 1. The van der Waals surface area contributed by atoms with Gasteiger partial charge in [0.25, 0.3) is 0 Å². The van der Waals surface area contributed by atoms with Crippen molar-refractivity contribution in [1.29, 1.82) is 0 Å². The number of esters is 1. The highest BCUT2D eigenvalue weighted by molar-refractivity contribution is 6.01. The first-order chi connectivity index (χ1) is 18.9. The smallest absolute Gasteiger partial charge is 0.337 e. The lowest BCUT2D eigenvalue weighted by Crippen LogP contribution is -2.70. The molecule has 40 heavy (non-hydrogen) atoms. The van der Waals surface area contributed by atoms with Crippen molar-refractivity contribution in [1.82, 2.24) is 0 Å². The van der Waals surface area contributed by atoms with Crippen molar-refractivity contribution in [3.05, 3.63) is 53.6 Å². The lowest BCUT2D eigenvalue weighted by atomic mass is 9.44. The van der Waals surface area contributed by atoms with Crippen LogP contribution in [0.5, 0.6) is 0 Å². The van der Waals surface area contributed by atoms with Crippen LogP contribution in [0.15, 0.2) is 48.1 Å². The highest BCUT2D eigenvalue weighted by Crippen LogP contribution is 2.72. The molecule has 0 spiro atoms. The molecule has 4 fully saturated rings. The van der Waals surface area contributed by atoms with E-state index >= 15 is 8.78 Å². The highest BCUT2D eigenvalue weighted by atomic mass is 19.1. The number of nitrogens with zero attached hydrogens (tertiary/aromatic N) is 1. The molecule has 0 aromatic heterocycles. The Morgan fingerprint density at radius 1 is 1.18 bits per heavy atom. The molecule has 1 saturated heterocycles. The lowest BCUT2D eigenvalue weighted by molar-refractivity contribution is -0.228. The number of methoxy groups -OCH3 is 1. The fraction of sp³-hybridized carbons (Fsp3) is 0.567. The van der Waals surface area contributed by atoms with Crippen LogP contribution in [0.25, 0.3) is 0 Å². The molecule has 6 rings (SSSR count). The largest absolute Gasteiger partial charge is 0.465 e. The maximum atomic E-state index is 17.5. The molecule has 1 aromatic rings. The number of hydrogen-bond donors (Lipinski definition) is 2. The molecular weight excluding hydrogens is 524 g/mol. The highest BCUT2D eigenvalue weighted by Gasteiger charge is 2.79. The summed E-state index contributed by atoms with van der Waals surface area (Å²) in [5, 5.41) is 23.2. The van der Waals surface area contributed by atoms with Gasteiger partial charge in [0, 0.05) is 22.7 Å². The van der Waals surface area contributed by atoms with Gasteiger partial charge in [-0.3, -0.25) is 19.5 Å². The molecule has 0 bridgehead atoms. The topological polar surface area (TPSA) is 113 Å². The van der Waals surface area contributed by atoms with Gasteiger partial charge < -0.3 is 14.9 Å². The molecule has 1 heterocycles. The Morgan fingerprint density at radius 3 is 2.52 bits per heavy atom. The van der Waals surface area contributed by atoms with Gasteiger partial charge in [0.1, 0.15) is 12.8 Å². The van der Waals surface area contributed by atoms with Crippen LogP contribution >= 0.6 is 0 Å². The van der Waals surface area contributed by atoms with E-state index in [1.165, 1.54) is 26.2 Å². The monoisotopic (exact) mass is 557 g/mol. The number of aliphatic hydroxyl groups is 2. The molecule has 1 aliphatic heterocycles. The SMILES string of the molecule is COC(=O)c1ccc(N2C[C@@H]3C[C@H]4[C@@H]5C[C@H](F)C6=CC(=O)C=C[C@]6(C)[C@@]5(F)[C@@H](O)C[C@]4(C)[C@]3(C(=O)CO)O2)cc1. The van der Waals surface area contributed by atoms with Gasteiger partial charge in [0.05, 0.1) is 31.0 Å². The summed E-state index contributed by atoms with van der Waals surface area (Å²) in [6.45, 7) is 2.75. The maximum absolute atomic E-state index is 17.5. The Kier molecular flexibility index (Phi) is 5.97. The number of allylic oxidation sites excluding steroid dienone is 4. The van der Waals surface area contributed by atoms with Crippen LogP contribution in [0, 0.1) is 28.6 Å². The second-order valence-electron chi connectivity index (χ2n) is 12.3. The van der Waals surface area contributed by atoms with E-state index < -0.39 is 76.3 Å². The van der Waals surface area contributed by atoms with E-state index in [9.17, 15) is 24.6 Å². The Bertz CT molecular complexity index is 1350. The number of ketones is 2. The molecule has 5 aliphatic rings. The number of aliphatic hydroxyl groups excluding tert-OH is 2. The summed E-state index contributed by atoms with van der Waals surface area (Å²) in [6.07, 6.45) is 0.536. The van der Waals surface area contributed by atoms with Crippen LogP contribution in [-0.2, 0) is 19.2 Å². The second kappa shape index (κ2) is 8.77. The maximum Gasteiger partial charge on any atom is 0.337 e. The summed E-state index contributed by atoms with van der Waals surface area (Å²) in [6, 6.07) is 6.46. The van der Waals surface area contributed by atoms with Crippen LogP contribution in [0.3, 0.4) is 0 Å². The van der Waals surface area contributed by atoms with E-state index in [-0.39, 0.29) is 25.0 Å². The summed E-state index contributed by atoms with van der Waals surface area (Å²) >= 11 is 0. The molecule has 9 atom stereocenters. The summed E-state index contributed by atoms with van der Waals surface area (Å²) in [5.41, 5.74) is -5.53. The summed E-state index contributed by atoms with van der Waals surface area (Å²) in [5.74, 6) is -3.44. The number of benzene rings is 1. The summed E-state index contributed by atoms with van der Waals surface area (Å²) in [4.78, 5) is 44.0. The average molecular weight is 558 g/mol. The van der Waals surface area contributed by atoms with E-state index in [0.717, 1.165) is 6.08 Å². The number of carbonyl (C=O) groups is 3. The zero-order valence-corrected chi connectivity index (χ0v) is 22.6. The minimum atomic E-state index is -2.27. The zero-order chi connectivity index (χ0) is 28.8. The summed E-state index contributed by atoms with van der Waals surface area (Å²) < 4.78 is 37.9. The van der Waals surface area contributed by atoms with Gasteiger partial charge >= 0.3 is 5.97 Å². The Balaban J connectivity index is 1.40. The van der Waals surface area contributed by atoms with Gasteiger partial charge in [-0.25, -0.2) is 13.6 Å². The molecule has 2 N–H and O–H groups in total. The fourth-order valence-corrected chi connectivity index (χ4v) is 8.90. The molecule has 10 heteroatoms. The minimum Gasteiger partial charge on any atom is -0.465 e. The van der Waals surface area contributed by atoms with Crippen LogP contribution in [0.4, 0.5) is 14.5 Å². The Labute approximate surface area is 230 Å². The van der Waals surface area contributed by atoms with Gasteiger partial charge in [-0.05, 0) is 74.1 Å². The number of hydrogen-bond acceptors (Lipinski definition) is 8. The second-order valence-corrected chi connectivity index (χ2v) is 12.3. The number of Topliss-reactive ketones (excluding diaryl/α,β-unsaturated/α-hetero) is 1. The molecule has 1 aromatic carbocycles. The van der Waals surface area contributed by atoms with E-state index in [1.807, 2.05) is 0 Å². The number of halogens is 2. The molecule has 0 unspecified atom stereocenters. The Hall–Kier alpha value is -2.95. The standard InChI is InChI=1S/C30H33F2NO7/c1-27-9-8-19(35)11-22(27)23(31)12-21-20-10-17-14-33(18-6-4-16(5-7-18)26(38)39-3)40-30(17,25(37)15-34)28(20,2)13-24(36)29(21,27)32/h4-9,11,17,20-21,23-24,34,36H,10,12-15H2,1-3H3/t17-,20-,21-,23-,24-,27-,28-,29-,30-/m0/s1. The van der Waals surface area contributed by atoms with Crippen LogP contribution < -0.4 is 5.06 Å². The number of anilines is 1. The first-order valence-corrected chi connectivity index (χ1v) is 13.6. The lowest BCUT2D eigenvalue weighted by Gasteiger charge is -2.63. The van der Waals surface area contributed by atoms with Gasteiger partial charge in [-0.1, -0.05) is 13.0 Å². The van der Waals surface area contributed by atoms with Crippen LogP contribution in [-0.4, -0.2) is 71.6 Å². The average Bonchev–Trinajstić information content (AvgIpc) is 3.44. The van der Waals surface area contributed by atoms with Crippen molar-refractivity contribution in [2.24, 2.45) is 28.6 Å². The third-order valence-corrected chi connectivity index (χ3v) is 10.8. The van der Waals surface area contributed by atoms with Crippen molar-refractivity contribution in [3.8, 4) is 0 Å². The third-order valence-electron chi connectivity index (χ3n) is 10.8. The van der Waals surface area contributed by atoms with Crippen molar-refractivity contribution in [3.63, 3.8) is 0 Å². The molecule has 0 radical (unpaired) electrons.